The highest BCUT2D eigenvalue weighted by atomic mass is 32.2. The normalized spacial score (nSPS) is 16.2. The van der Waals surface area contributed by atoms with Crippen LogP contribution in [0.1, 0.15) is 25.0 Å². The van der Waals surface area contributed by atoms with Crippen molar-refractivity contribution in [3.05, 3.63) is 59.7 Å². The van der Waals surface area contributed by atoms with Gasteiger partial charge in [-0.1, -0.05) is 35.4 Å². The number of hydrogen-bond acceptors (Lipinski definition) is 8. The molecule has 0 amide bonds. The number of sulfonamides is 2. The number of nitrogens with zero attached hydrogens (tertiary/aromatic N) is 2. The molecule has 202 valence electrons. The fourth-order valence-electron chi connectivity index (χ4n) is 3.52. The van der Waals surface area contributed by atoms with Gasteiger partial charge in [-0.3, -0.25) is 0 Å². The van der Waals surface area contributed by atoms with E-state index >= 15 is 0 Å². The number of aliphatic hydroxyl groups is 4. The van der Waals surface area contributed by atoms with E-state index in [2.05, 4.69) is 0 Å². The molecule has 0 unspecified atom stereocenters. The van der Waals surface area contributed by atoms with Crippen LogP contribution >= 0.6 is 0 Å². The lowest BCUT2D eigenvalue weighted by Crippen LogP contribution is -2.52. The van der Waals surface area contributed by atoms with Gasteiger partial charge in [0.05, 0.1) is 35.2 Å². The summed E-state index contributed by atoms with van der Waals surface area (Å²) in [6.45, 7) is 4.24. The minimum atomic E-state index is -4.15. The average molecular weight is 545 g/mol. The second-order valence-electron chi connectivity index (χ2n) is 8.97. The highest BCUT2D eigenvalue weighted by Gasteiger charge is 2.36. The van der Waals surface area contributed by atoms with Crippen molar-refractivity contribution in [3.8, 4) is 0 Å². The van der Waals surface area contributed by atoms with Crippen molar-refractivity contribution in [1.29, 1.82) is 0 Å². The average Bonchev–Trinajstić information content (AvgIpc) is 2.84. The molecule has 0 aliphatic rings. The zero-order valence-electron chi connectivity index (χ0n) is 20.9. The molecule has 2 aromatic rings. The molecule has 12 heteroatoms. The summed E-state index contributed by atoms with van der Waals surface area (Å²) in [5.41, 5.74) is 1.69. The summed E-state index contributed by atoms with van der Waals surface area (Å²) in [5.74, 6) is 0. The van der Waals surface area contributed by atoms with Crippen LogP contribution in [0.4, 0.5) is 0 Å². The molecule has 0 heterocycles. The molecule has 0 aliphatic carbocycles. The summed E-state index contributed by atoms with van der Waals surface area (Å²) in [4.78, 5) is -0.0971. The topological polar surface area (TPSA) is 156 Å². The Morgan fingerprint density at radius 2 is 0.917 bits per heavy atom. The second kappa shape index (κ2) is 12.6. The Morgan fingerprint density at radius 1 is 0.639 bits per heavy atom. The highest BCUT2D eigenvalue weighted by Crippen LogP contribution is 2.22. The van der Waals surface area contributed by atoms with Gasteiger partial charge >= 0.3 is 0 Å². The van der Waals surface area contributed by atoms with Gasteiger partial charge in [-0.05, 0) is 52.0 Å². The summed E-state index contributed by atoms with van der Waals surface area (Å²) in [6.07, 6.45) is -3.39. The van der Waals surface area contributed by atoms with Crippen LogP contribution in [0, 0.1) is 13.8 Å². The van der Waals surface area contributed by atoms with Gasteiger partial charge in [-0.2, -0.15) is 8.61 Å². The fourth-order valence-corrected chi connectivity index (χ4v) is 6.80. The standard InChI is InChI=1S/C24H36N2O8S2/c1-17-5-9-21(10-6-17)35(31,32)25(19(3)15-27)13-23(29)24(30)14-26(20(4)16-28)36(33,34)22-11-7-18(2)8-12-22/h5-12,19-20,23-24,27-30H,13-16H2,1-4H3/t19-,20-,23+,24+/m0/s1. The smallest absolute Gasteiger partial charge is 0.243 e. The maximum atomic E-state index is 13.2. The van der Waals surface area contributed by atoms with Crippen molar-refractivity contribution in [3.63, 3.8) is 0 Å². The van der Waals surface area contributed by atoms with E-state index in [-0.39, 0.29) is 9.79 Å². The molecular weight excluding hydrogens is 508 g/mol. The van der Waals surface area contributed by atoms with Crippen molar-refractivity contribution in [2.75, 3.05) is 26.3 Å². The molecule has 0 bridgehead atoms. The van der Waals surface area contributed by atoms with Gasteiger partial charge < -0.3 is 20.4 Å². The molecule has 0 radical (unpaired) electrons. The third-order valence-electron chi connectivity index (χ3n) is 5.94. The number of benzene rings is 2. The lowest BCUT2D eigenvalue weighted by atomic mass is 10.2. The zero-order valence-corrected chi connectivity index (χ0v) is 22.5. The van der Waals surface area contributed by atoms with Gasteiger partial charge in [0.15, 0.2) is 0 Å². The monoisotopic (exact) mass is 544 g/mol. The first-order chi connectivity index (χ1) is 16.7. The van der Waals surface area contributed by atoms with Gasteiger partial charge in [0.25, 0.3) is 0 Å². The Kier molecular flexibility index (Phi) is 10.6. The summed E-state index contributed by atoms with van der Waals surface area (Å²) in [7, 11) is -8.30. The highest BCUT2D eigenvalue weighted by molar-refractivity contribution is 7.89. The third kappa shape index (κ3) is 7.11. The number of aryl methyl sites for hydroxylation is 2. The van der Waals surface area contributed by atoms with Gasteiger partial charge in [0.1, 0.15) is 0 Å². The Hall–Kier alpha value is -1.90. The minimum Gasteiger partial charge on any atom is -0.395 e. The van der Waals surface area contributed by atoms with Crippen LogP contribution in [0.3, 0.4) is 0 Å². The molecule has 0 saturated heterocycles. The Balaban J connectivity index is 2.31. The Morgan fingerprint density at radius 3 is 1.17 bits per heavy atom. The number of hydrogen-bond donors (Lipinski definition) is 4. The first-order valence-corrected chi connectivity index (χ1v) is 14.4. The fraction of sp³-hybridized carbons (Fsp3) is 0.500. The summed E-state index contributed by atoms with van der Waals surface area (Å²) < 4.78 is 54.7. The predicted molar refractivity (Wildman–Crippen MR) is 135 cm³/mol. The van der Waals surface area contributed by atoms with Crippen molar-refractivity contribution >= 4 is 20.0 Å². The minimum absolute atomic E-state index is 0.0485. The van der Waals surface area contributed by atoms with Gasteiger partial charge in [-0.15, -0.1) is 0 Å². The first-order valence-electron chi connectivity index (χ1n) is 11.5. The molecular formula is C24H36N2O8S2. The van der Waals surface area contributed by atoms with Crippen LogP contribution in [0.2, 0.25) is 0 Å². The molecule has 4 atom stereocenters. The molecule has 2 rings (SSSR count). The quantitative estimate of drug-likeness (QED) is 0.284. The van der Waals surface area contributed by atoms with Crippen LogP contribution in [-0.2, 0) is 20.0 Å². The van der Waals surface area contributed by atoms with Crippen LogP contribution in [0.25, 0.3) is 0 Å². The van der Waals surface area contributed by atoms with Crippen molar-refractivity contribution in [2.24, 2.45) is 0 Å². The van der Waals surface area contributed by atoms with Crippen LogP contribution in [-0.4, -0.2) is 96.5 Å². The van der Waals surface area contributed by atoms with Gasteiger partial charge in [0, 0.05) is 25.2 Å². The summed E-state index contributed by atoms with van der Waals surface area (Å²) in [5, 5.41) is 40.8. The van der Waals surface area contributed by atoms with E-state index in [9.17, 15) is 37.3 Å². The Bertz CT molecular complexity index is 1090. The molecule has 4 N–H and O–H groups in total. The predicted octanol–water partition coefficient (Wildman–Crippen LogP) is 0.468. The van der Waals surface area contributed by atoms with E-state index in [4.69, 9.17) is 0 Å². The molecule has 2 aromatic carbocycles. The molecule has 0 spiro atoms. The largest absolute Gasteiger partial charge is 0.395 e. The number of rotatable bonds is 13. The molecule has 0 saturated carbocycles. The van der Waals surface area contributed by atoms with E-state index in [1.807, 2.05) is 0 Å². The molecule has 0 fully saturated rings. The van der Waals surface area contributed by atoms with Crippen LogP contribution in [0.15, 0.2) is 58.3 Å². The molecule has 36 heavy (non-hydrogen) atoms. The third-order valence-corrected chi connectivity index (χ3v) is 9.93. The van der Waals surface area contributed by atoms with Crippen molar-refractivity contribution < 1.29 is 37.3 Å². The lowest BCUT2D eigenvalue weighted by molar-refractivity contribution is -0.00962. The zero-order chi connectivity index (χ0) is 27.3. The summed E-state index contributed by atoms with van der Waals surface area (Å²) >= 11 is 0. The van der Waals surface area contributed by atoms with E-state index in [1.54, 1.807) is 38.1 Å². The Labute approximate surface area is 213 Å². The van der Waals surface area contributed by atoms with Gasteiger partial charge in [0.2, 0.25) is 20.0 Å². The molecule has 10 nitrogen and oxygen atoms in total. The number of aliphatic hydroxyl groups excluding tert-OH is 4. The maximum absolute atomic E-state index is 13.2. The van der Waals surface area contributed by atoms with E-state index in [1.165, 1.54) is 38.1 Å². The van der Waals surface area contributed by atoms with Crippen LogP contribution < -0.4 is 0 Å². The van der Waals surface area contributed by atoms with E-state index in [0.29, 0.717) is 0 Å². The maximum Gasteiger partial charge on any atom is 0.243 e. The van der Waals surface area contributed by atoms with Gasteiger partial charge in [-0.25, -0.2) is 16.8 Å². The van der Waals surface area contributed by atoms with E-state index in [0.717, 1.165) is 19.7 Å². The van der Waals surface area contributed by atoms with Crippen molar-refractivity contribution in [2.45, 2.75) is 61.8 Å². The molecule has 0 aromatic heterocycles. The second-order valence-corrected chi connectivity index (χ2v) is 12.8. The van der Waals surface area contributed by atoms with Crippen LogP contribution in [0.5, 0.6) is 0 Å². The summed E-state index contributed by atoms with van der Waals surface area (Å²) in [6, 6.07) is 10.2. The van der Waals surface area contributed by atoms with E-state index < -0.39 is 70.6 Å². The SMILES string of the molecule is Cc1ccc(S(=O)(=O)N(C[C@@H](O)[C@H](O)CN([C@@H](C)CO)S(=O)(=O)c2ccc(C)cc2)[C@@H](C)CO)cc1. The first kappa shape index (κ1) is 30.3. The van der Waals surface area contributed by atoms with Crippen molar-refractivity contribution in [1.82, 2.24) is 8.61 Å². The molecule has 0 aliphatic heterocycles. The lowest BCUT2D eigenvalue weighted by Gasteiger charge is -2.33.